The first kappa shape index (κ1) is 36.1. The maximum absolute atomic E-state index is 10.5. The molecule has 0 spiro atoms. The van der Waals surface area contributed by atoms with Gasteiger partial charge < -0.3 is 14.0 Å². The molecule has 1 N–H and O–H groups in total. The van der Waals surface area contributed by atoms with E-state index in [2.05, 4.69) is 112 Å². The normalized spacial score (nSPS) is 34.2. The van der Waals surface area contributed by atoms with Crippen LogP contribution in [0, 0.1) is 29.1 Å². The van der Waals surface area contributed by atoms with Gasteiger partial charge >= 0.3 is 0 Å². The highest BCUT2D eigenvalue weighted by Crippen LogP contribution is 2.59. The van der Waals surface area contributed by atoms with Gasteiger partial charge in [0.15, 0.2) is 16.6 Å². The van der Waals surface area contributed by atoms with Crippen LogP contribution in [0.5, 0.6) is 0 Å². The van der Waals surface area contributed by atoms with Crippen LogP contribution in [0.15, 0.2) is 47.6 Å². The third kappa shape index (κ3) is 7.86. The van der Waals surface area contributed by atoms with Crippen molar-refractivity contribution in [1.82, 2.24) is 0 Å². The van der Waals surface area contributed by atoms with Crippen LogP contribution in [-0.2, 0) is 8.85 Å². The van der Waals surface area contributed by atoms with Crippen LogP contribution in [0.3, 0.4) is 0 Å². The van der Waals surface area contributed by atoms with Gasteiger partial charge in [-0.3, -0.25) is 0 Å². The van der Waals surface area contributed by atoms with Crippen LogP contribution in [0.25, 0.3) is 0 Å². The number of hydrogen-bond donors (Lipinski definition) is 1. The summed E-state index contributed by atoms with van der Waals surface area (Å²) in [7, 11) is -3.90. The van der Waals surface area contributed by atoms with Gasteiger partial charge in [0.2, 0.25) is 0 Å². The molecule has 4 fully saturated rings. The van der Waals surface area contributed by atoms with Crippen molar-refractivity contribution in [2.75, 3.05) is 0 Å². The second-order valence-electron chi connectivity index (χ2n) is 18.4. The molecule has 0 saturated heterocycles. The van der Waals surface area contributed by atoms with E-state index in [0.29, 0.717) is 29.1 Å². The quantitative estimate of drug-likeness (QED) is 0.201. The Morgan fingerprint density at radius 1 is 0.909 bits per heavy atom. The molecular weight excluding hydrogens is 573 g/mol. The molecule has 0 radical (unpaired) electrons. The van der Waals surface area contributed by atoms with E-state index in [1.807, 2.05) is 0 Å². The van der Waals surface area contributed by atoms with Crippen LogP contribution in [0.2, 0.25) is 36.3 Å². The van der Waals surface area contributed by atoms with Crippen molar-refractivity contribution in [2.24, 2.45) is 29.1 Å². The largest absolute Gasteiger partial charge is 0.413 e. The second kappa shape index (κ2) is 13.1. The van der Waals surface area contributed by atoms with Crippen molar-refractivity contribution in [1.29, 1.82) is 0 Å². The molecule has 3 nitrogen and oxygen atoms in total. The molecule has 4 rings (SSSR count). The first-order valence-corrected chi connectivity index (χ1v) is 23.8. The minimum atomic E-state index is -1.98. The number of aliphatic hydroxyl groups is 1. The molecule has 44 heavy (non-hydrogen) atoms. The molecule has 0 bridgehead atoms. The molecule has 250 valence electrons. The average Bonchev–Trinajstić information content (AvgIpc) is 3.68. The van der Waals surface area contributed by atoms with Crippen molar-refractivity contribution in [3.8, 4) is 0 Å². The Morgan fingerprint density at radius 3 is 2.11 bits per heavy atom. The predicted molar refractivity (Wildman–Crippen MR) is 194 cm³/mol. The Labute approximate surface area is 274 Å². The van der Waals surface area contributed by atoms with Crippen LogP contribution in [0.1, 0.15) is 113 Å². The molecule has 4 aliphatic carbocycles. The summed E-state index contributed by atoms with van der Waals surface area (Å²) in [5.74, 6) is 2.35. The highest BCUT2D eigenvalue weighted by Gasteiger charge is 2.50. The summed E-state index contributed by atoms with van der Waals surface area (Å²) >= 11 is 0. The standard InChI is InChI=1S/C39H68O3Si2/c1-27(16-23-35(40)30-18-19-30)33-21-22-34-29(15-14-24-39(33,34)9)17-20-31-25-32(41-43(10,11)37(3,4)5)26-36(28(31)2)42-44(12,13)38(6,7)8/h16-17,20,23,27,30,32-36,40H,2,14-15,18-19,21-22,24-26H2,1,3-13H3/b23-16+,29-17+,31-20-/t27-,32-,33-,34-,35-,36+,39-/m0/s1. The SMILES string of the molecule is C=C1/C(=C\C=C2/CCC[C@]3(C)[C@H]2CC[C@H]3[C@@H](C)/C=C/[C@H](O)C2CC2)C[C@H](O[Si](C)(C)C(C)(C)C)C[C@H]1O[Si](C)(C)C(C)(C)C. The fourth-order valence-electron chi connectivity index (χ4n) is 7.93. The Bertz CT molecular complexity index is 1130. The lowest BCUT2D eigenvalue weighted by molar-refractivity contribution is 0.0969. The smallest absolute Gasteiger partial charge is 0.192 e. The van der Waals surface area contributed by atoms with Crippen molar-refractivity contribution in [3.63, 3.8) is 0 Å². The number of allylic oxidation sites excluding steroid dienone is 4. The van der Waals surface area contributed by atoms with Gasteiger partial charge in [-0.05, 0) is 128 Å². The number of aliphatic hydroxyl groups excluding tert-OH is 1. The molecule has 7 atom stereocenters. The van der Waals surface area contributed by atoms with Gasteiger partial charge in [-0.25, -0.2) is 0 Å². The summed E-state index contributed by atoms with van der Waals surface area (Å²) in [6.07, 6.45) is 19.9. The van der Waals surface area contributed by atoms with E-state index in [4.69, 9.17) is 8.85 Å². The fraction of sp³-hybridized carbons (Fsp3) is 0.795. The first-order chi connectivity index (χ1) is 20.2. The number of hydrogen-bond acceptors (Lipinski definition) is 3. The minimum absolute atomic E-state index is 0.0233. The van der Waals surface area contributed by atoms with Crippen LogP contribution >= 0.6 is 0 Å². The van der Waals surface area contributed by atoms with Gasteiger partial charge in [-0.2, -0.15) is 0 Å². The summed E-state index contributed by atoms with van der Waals surface area (Å²) in [6.45, 7) is 33.2. The van der Waals surface area contributed by atoms with E-state index in [0.717, 1.165) is 12.8 Å². The molecule has 4 saturated carbocycles. The number of rotatable bonds is 9. The Kier molecular flexibility index (Phi) is 10.7. The van der Waals surface area contributed by atoms with Gasteiger partial charge in [-0.1, -0.05) is 91.8 Å². The molecule has 5 heteroatoms. The highest BCUT2D eigenvalue weighted by atomic mass is 28.4. The van der Waals surface area contributed by atoms with Crippen LogP contribution in [0.4, 0.5) is 0 Å². The molecule has 0 aromatic carbocycles. The third-order valence-electron chi connectivity index (χ3n) is 13.1. The third-order valence-corrected chi connectivity index (χ3v) is 22.1. The predicted octanol–water partition coefficient (Wildman–Crippen LogP) is 11.1. The maximum Gasteiger partial charge on any atom is 0.192 e. The van der Waals surface area contributed by atoms with E-state index in [1.54, 1.807) is 5.57 Å². The molecule has 4 aliphatic rings. The zero-order valence-electron chi connectivity index (χ0n) is 30.7. The van der Waals surface area contributed by atoms with Crippen LogP contribution in [-0.4, -0.2) is 40.1 Å². The van der Waals surface area contributed by atoms with E-state index >= 15 is 0 Å². The maximum atomic E-state index is 10.5. The monoisotopic (exact) mass is 640 g/mol. The first-order valence-electron chi connectivity index (χ1n) is 18.0. The lowest BCUT2D eigenvalue weighted by Crippen LogP contribution is -2.49. The van der Waals surface area contributed by atoms with Gasteiger partial charge in [0, 0.05) is 6.42 Å². The summed E-state index contributed by atoms with van der Waals surface area (Å²) in [5.41, 5.74) is 4.49. The van der Waals surface area contributed by atoms with Gasteiger partial charge in [0.25, 0.3) is 0 Å². The summed E-state index contributed by atoms with van der Waals surface area (Å²) in [5, 5.41) is 10.8. The van der Waals surface area contributed by atoms with Gasteiger partial charge in [-0.15, -0.1) is 0 Å². The molecule has 0 aromatic heterocycles. The minimum Gasteiger partial charge on any atom is -0.413 e. The second-order valence-corrected chi connectivity index (χ2v) is 27.9. The summed E-state index contributed by atoms with van der Waals surface area (Å²) in [4.78, 5) is 0. The van der Waals surface area contributed by atoms with Crippen molar-refractivity contribution >= 4 is 16.6 Å². The van der Waals surface area contributed by atoms with E-state index in [1.165, 1.54) is 56.1 Å². The number of fused-ring (bicyclic) bond motifs is 1. The topological polar surface area (TPSA) is 38.7 Å². The lowest BCUT2D eigenvalue weighted by atomic mass is 9.61. The van der Waals surface area contributed by atoms with Crippen molar-refractivity contribution < 1.29 is 14.0 Å². The zero-order chi connectivity index (χ0) is 32.9. The summed E-state index contributed by atoms with van der Waals surface area (Å²) in [6, 6.07) is 0. The summed E-state index contributed by atoms with van der Waals surface area (Å²) < 4.78 is 14.2. The van der Waals surface area contributed by atoms with Crippen molar-refractivity contribution in [2.45, 2.75) is 168 Å². The Morgan fingerprint density at radius 2 is 1.52 bits per heavy atom. The zero-order valence-corrected chi connectivity index (χ0v) is 32.7. The molecule has 0 aliphatic heterocycles. The molecule has 0 aromatic rings. The highest BCUT2D eigenvalue weighted by molar-refractivity contribution is 6.74. The molecular formula is C39H68O3Si2. The fourth-order valence-corrected chi connectivity index (χ4v) is 10.6. The van der Waals surface area contributed by atoms with Crippen LogP contribution < -0.4 is 0 Å². The Balaban J connectivity index is 1.57. The average molecular weight is 641 g/mol. The van der Waals surface area contributed by atoms with Gasteiger partial charge in [0.05, 0.1) is 18.3 Å². The van der Waals surface area contributed by atoms with E-state index in [9.17, 15) is 5.11 Å². The lowest BCUT2D eigenvalue weighted by Gasteiger charge is -2.45. The van der Waals surface area contributed by atoms with E-state index < -0.39 is 16.6 Å². The molecule has 0 unspecified atom stereocenters. The van der Waals surface area contributed by atoms with Gasteiger partial charge in [0.1, 0.15) is 0 Å². The molecule has 0 heterocycles. The molecule has 0 amide bonds. The van der Waals surface area contributed by atoms with E-state index in [-0.39, 0.29) is 28.4 Å². The Hall–Kier alpha value is -0.726. The van der Waals surface area contributed by atoms with Crippen molar-refractivity contribution in [3.05, 3.63) is 47.6 Å².